The van der Waals surface area contributed by atoms with E-state index in [0.29, 0.717) is 28.2 Å². The van der Waals surface area contributed by atoms with Crippen LogP contribution in [0.3, 0.4) is 0 Å². The van der Waals surface area contributed by atoms with Gasteiger partial charge in [-0.15, -0.1) is 0 Å². The summed E-state index contributed by atoms with van der Waals surface area (Å²) < 4.78 is 1.71. The van der Waals surface area contributed by atoms with E-state index in [9.17, 15) is 9.59 Å². The van der Waals surface area contributed by atoms with Crippen molar-refractivity contribution < 1.29 is 9.59 Å². The molecule has 0 atom stereocenters. The Hall–Kier alpha value is -3.80. The summed E-state index contributed by atoms with van der Waals surface area (Å²) in [6.45, 7) is 5.30. The summed E-state index contributed by atoms with van der Waals surface area (Å²) in [6.07, 6.45) is 1.58. The van der Waals surface area contributed by atoms with Gasteiger partial charge in [0.15, 0.2) is 11.4 Å². The Kier molecular flexibility index (Phi) is 4.68. The van der Waals surface area contributed by atoms with Crippen molar-refractivity contribution >= 4 is 23.0 Å². The minimum Gasteiger partial charge on any atom is -0.322 e. The summed E-state index contributed by atoms with van der Waals surface area (Å²) in [5, 5.41) is 7.46. The standard InChI is InChI=1S/C23H20N4O2/c1-14-21(18-7-5-4-6-8-18)22-24-13-20(15(2)27(22)26-14)23(29)25-19-11-9-17(10-12-19)16(3)28/h4-13H,1-3H3,(H,25,29). The molecule has 0 unspecified atom stereocenters. The van der Waals surface area contributed by atoms with Crippen molar-refractivity contribution in [3.63, 3.8) is 0 Å². The minimum atomic E-state index is -0.276. The van der Waals surface area contributed by atoms with Gasteiger partial charge in [-0.05, 0) is 50.6 Å². The summed E-state index contributed by atoms with van der Waals surface area (Å²) in [6, 6.07) is 16.8. The predicted molar refractivity (Wildman–Crippen MR) is 112 cm³/mol. The number of hydrogen-bond acceptors (Lipinski definition) is 4. The highest BCUT2D eigenvalue weighted by Crippen LogP contribution is 2.28. The number of fused-ring (bicyclic) bond motifs is 1. The molecule has 2 aromatic carbocycles. The number of aromatic nitrogens is 3. The number of ketones is 1. The first-order valence-corrected chi connectivity index (χ1v) is 9.28. The van der Waals surface area contributed by atoms with Crippen LogP contribution >= 0.6 is 0 Å². The van der Waals surface area contributed by atoms with Gasteiger partial charge in [0.2, 0.25) is 0 Å². The second-order valence-electron chi connectivity index (χ2n) is 6.91. The second-order valence-corrected chi connectivity index (χ2v) is 6.91. The lowest BCUT2D eigenvalue weighted by molar-refractivity contribution is 0.101. The lowest BCUT2D eigenvalue weighted by Gasteiger charge is -2.09. The van der Waals surface area contributed by atoms with E-state index in [1.165, 1.54) is 6.92 Å². The van der Waals surface area contributed by atoms with Crippen molar-refractivity contribution in [3.05, 3.63) is 83.3 Å². The van der Waals surface area contributed by atoms with E-state index in [1.807, 2.05) is 44.2 Å². The minimum absolute atomic E-state index is 0.0170. The second kappa shape index (κ2) is 7.31. The number of benzene rings is 2. The number of nitrogens with one attached hydrogen (secondary N) is 1. The number of nitrogens with zero attached hydrogens (tertiary/aromatic N) is 3. The van der Waals surface area contributed by atoms with Crippen LogP contribution in [-0.2, 0) is 0 Å². The summed E-state index contributed by atoms with van der Waals surface area (Å²) in [4.78, 5) is 28.7. The zero-order valence-corrected chi connectivity index (χ0v) is 16.4. The number of carbonyl (C=O) groups is 2. The highest BCUT2D eigenvalue weighted by molar-refractivity contribution is 6.05. The molecule has 0 spiro atoms. The number of rotatable bonds is 4. The Morgan fingerprint density at radius 1 is 0.966 bits per heavy atom. The summed E-state index contributed by atoms with van der Waals surface area (Å²) in [7, 11) is 0. The van der Waals surface area contributed by atoms with Crippen LogP contribution in [0, 0.1) is 13.8 Å². The van der Waals surface area contributed by atoms with Gasteiger partial charge < -0.3 is 5.32 Å². The van der Waals surface area contributed by atoms with Crippen molar-refractivity contribution in [1.82, 2.24) is 14.6 Å². The Morgan fingerprint density at radius 2 is 1.66 bits per heavy atom. The molecule has 6 nitrogen and oxygen atoms in total. The molecule has 0 radical (unpaired) electrons. The van der Waals surface area contributed by atoms with Gasteiger partial charge in [0, 0.05) is 23.0 Å². The molecular weight excluding hydrogens is 364 g/mol. The summed E-state index contributed by atoms with van der Waals surface area (Å²) in [5.41, 5.74) is 5.92. The lowest BCUT2D eigenvalue weighted by atomic mass is 10.1. The monoisotopic (exact) mass is 384 g/mol. The first-order valence-electron chi connectivity index (χ1n) is 9.28. The SMILES string of the molecule is CC(=O)c1ccc(NC(=O)c2cnc3c(-c4ccccc4)c(C)nn3c2C)cc1. The molecule has 0 aliphatic rings. The Balaban J connectivity index is 1.69. The molecule has 2 heterocycles. The maximum absolute atomic E-state index is 12.8. The largest absolute Gasteiger partial charge is 0.322 e. The topological polar surface area (TPSA) is 76.4 Å². The van der Waals surface area contributed by atoms with Crippen molar-refractivity contribution in [3.8, 4) is 11.1 Å². The quantitative estimate of drug-likeness (QED) is 0.527. The highest BCUT2D eigenvalue weighted by Gasteiger charge is 2.18. The zero-order valence-electron chi connectivity index (χ0n) is 16.4. The molecule has 4 aromatic rings. The van der Waals surface area contributed by atoms with Gasteiger partial charge in [0.1, 0.15) is 0 Å². The van der Waals surface area contributed by atoms with Crippen LogP contribution in [0.4, 0.5) is 5.69 Å². The van der Waals surface area contributed by atoms with Crippen molar-refractivity contribution in [2.45, 2.75) is 20.8 Å². The number of aryl methyl sites for hydroxylation is 2. The molecule has 6 heteroatoms. The number of hydrogen-bond donors (Lipinski definition) is 1. The van der Waals surface area contributed by atoms with Gasteiger partial charge in [-0.25, -0.2) is 9.50 Å². The Bertz CT molecular complexity index is 1230. The maximum atomic E-state index is 12.8. The maximum Gasteiger partial charge on any atom is 0.259 e. The first-order chi connectivity index (χ1) is 14.0. The van der Waals surface area contributed by atoms with E-state index in [-0.39, 0.29) is 11.7 Å². The molecule has 4 rings (SSSR count). The molecule has 144 valence electrons. The molecule has 1 N–H and O–H groups in total. The highest BCUT2D eigenvalue weighted by atomic mass is 16.1. The van der Waals surface area contributed by atoms with E-state index in [4.69, 9.17) is 0 Å². The first kappa shape index (κ1) is 18.6. The van der Waals surface area contributed by atoms with Gasteiger partial charge in [0.05, 0.1) is 17.0 Å². The third-order valence-corrected chi connectivity index (χ3v) is 4.92. The van der Waals surface area contributed by atoms with E-state index in [1.54, 1.807) is 35.0 Å². The van der Waals surface area contributed by atoms with Gasteiger partial charge in [-0.3, -0.25) is 9.59 Å². The Morgan fingerprint density at radius 3 is 2.31 bits per heavy atom. The molecule has 0 aliphatic carbocycles. The number of amides is 1. The fourth-order valence-electron chi connectivity index (χ4n) is 3.35. The molecular formula is C23H20N4O2. The van der Waals surface area contributed by atoms with E-state index in [2.05, 4.69) is 15.4 Å². The van der Waals surface area contributed by atoms with Crippen LogP contribution in [0.15, 0.2) is 60.8 Å². The van der Waals surface area contributed by atoms with Gasteiger partial charge in [-0.2, -0.15) is 5.10 Å². The molecule has 0 aliphatic heterocycles. The summed E-state index contributed by atoms with van der Waals surface area (Å²) in [5.74, 6) is -0.293. The summed E-state index contributed by atoms with van der Waals surface area (Å²) >= 11 is 0. The average molecular weight is 384 g/mol. The van der Waals surface area contributed by atoms with E-state index < -0.39 is 0 Å². The average Bonchev–Trinajstić information content (AvgIpc) is 3.06. The molecule has 1 amide bonds. The third-order valence-electron chi connectivity index (χ3n) is 4.92. The van der Waals surface area contributed by atoms with Crippen molar-refractivity contribution in [2.75, 3.05) is 5.32 Å². The molecule has 0 saturated carbocycles. The van der Waals surface area contributed by atoms with Crippen molar-refractivity contribution in [2.24, 2.45) is 0 Å². The van der Waals surface area contributed by atoms with E-state index >= 15 is 0 Å². The third kappa shape index (κ3) is 3.40. The van der Waals surface area contributed by atoms with Gasteiger partial charge >= 0.3 is 0 Å². The predicted octanol–water partition coefficient (Wildman–Crippen LogP) is 4.47. The number of carbonyl (C=O) groups excluding carboxylic acids is 2. The molecule has 0 fully saturated rings. The fraction of sp³-hybridized carbons (Fsp3) is 0.130. The van der Waals surface area contributed by atoms with Gasteiger partial charge in [-0.1, -0.05) is 30.3 Å². The van der Waals surface area contributed by atoms with Crippen LogP contribution in [0.25, 0.3) is 16.8 Å². The zero-order chi connectivity index (χ0) is 20.5. The molecule has 0 saturated heterocycles. The van der Waals surface area contributed by atoms with Crippen LogP contribution in [0.5, 0.6) is 0 Å². The normalized spacial score (nSPS) is 10.9. The number of Topliss-reactive ketones (excluding diaryl/α,β-unsaturated/α-hetero) is 1. The van der Waals surface area contributed by atoms with Gasteiger partial charge in [0.25, 0.3) is 5.91 Å². The lowest BCUT2D eigenvalue weighted by Crippen LogP contribution is -2.16. The molecule has 0 bridgehead atoms. The van der Waals surface area contributed by atoms with E-state index in [0.717, 1.165) is 16.8 Å². The molecule has 29 heavy (non-hydrogen) atoms. The smallest absolute Gasteiger partial charge is 0.259 e. The van der Waals surface area contributed by atoms with Crippen LogP contribution in [-0.4, -0.2) is 26.3 Å². The van der Waals surface area contributed by atoms with Crippen LogP contribution in [0.2, 0.25) is 0 Å². The van der Waals surface area contributed by atoms with Crippen LogP contribution in [0.1, 0.15) is 39.0 Å². The fourth-order valence-corrected chi connectivity index (χ4v) is 3.35. The Labute approximate surface area is 168 Å². The van der Waals surface area contributed by atoms with Crippen LogP contribution < -0.4 is 5.32 Å². The number of anilines is 1. The van der Waals surface area contributed by atoms with Crippen molar-refractivity contribution in [1.29, 1.82) is 0 Å². The molecule has 2 aromatic heterocycles.